The average Bonchev–Trinajstić information content (AvgIpc) is 2.43. The standard InChI is InChI=1S/C8H12N4O2/c1-6(2)4-9-7-8(12(13)14)10-5-11(7)3/h5,9H,1,4H2,2-3H3. The van der Waals surface area contributed by atoms with E-state index in [0.717, 1.165) is 5.57 Å². The number of rotatable bonds is 4. The van der Waals surface area contributed by atoms with Crippen molar-refractivity contribution in [1.29, 1.82) is 0 Å². The van der Waals surface area contributed by atoms with Crippen LogP contribution in [-0.2, 0) is 7.05 Å². The number of hydrogen-bond acceptors (Lipinski definition) is 4. The van der Waals surface area contributed by atoms with Crippen LogP contribution in [0.2, 0.25) is 0 Å². The summed E-state index contributed by atoms with van der Waals surface area (Å²) in [5, 5.41) is 13.4. The predicted octanol–water partition coefficient (Wildman–Crippen LogP) is 1.32. The van der Waals surface area contributed by atoms with Crippen LogP contribution in [0.3, 0.4) is 0 Å². The molecule has 1 aromatic rings. The maximum absolute atomic E-state index is 10.5. The van der Waals surface area contributed by atoms with Crippen molar-refractivity contribution in [3.05, 3.63) is 28.6 Å². The van der Waals surface area contributed by atoms with E-state index in [0.29, 0.717) is 12.4 Å². The van der Waals surface area contributed by atoms with Gasteiger partial charge in [0.15, 0.2) is 0 Å². The summed E-state index contributed by atoms with van der Waals surface area (Å²) in [6.45, 7) is 6.04. The number of aryl methyl sites for hydroxylation is 1. The molecule has 0 saturated carbocycles. The molecule has 76 valence electrons. The minimum absolute atomic E-state index is 0.159. The van der Waals surface area contributed by atoms with Crippen LogP contribution in [-0.4, -0.2) is 21.0 Å². The fraction of sp³-hybridized carbons (Fsp3) is 0.375. The molecule has 1 rings (SSSR count). The second kappa shape index (κ2) is 3.91. The molecule has 1 heterocycles. The number of imidazole rings is 1. The highest BCUT2D eigenvalue weighted by atomic mass is 16.6. The summed E-state index contributed by atoms with van der Waals surface area (Å²) in [4.78, 5) is 13.7. The first-order valence-corrected chi connectivity index (χ1v) is 4.06. The van der Waals surface area contributed by atoms with Gasteiger partial charge in [-0.05, 0) is 16.8 Å². The number of nitrogens with zero attached hydrogens (tertiary/aromatic N) is 3. The molecule has 0 spiro atoms. The van der Waals surface area contributed by atoms with Crippen molar-refractivity contribution in [2.75, 3.05) is 11.9 Å². The molecule has 6 nitrogen and oxygen atoms in total. The van der Waals surface area contributed by atoms with Crippen LogP contribution < -0.4 is 5.32 Å². The number of hydrogen-bond donors (Lipinski definition) is 1. The third-order valence-corrected chi connectivity index (χ3v) is 1.65. The normalized spacial score (nSPS) is 9.86. The van der Waals surface area contributed by atoms with Crippen LogP contribution in [0, 0.1) is 10.1 Å². The van der Waals surface area contributed by atoms with Crippen LogP contribution in [0.4, 0.5) is 11.6 Å². The lowest BCUT2D eigenvalue weighted by atomic mass is 10.3. The van der Waals surface area contributed by atoms with E-state index in [1.54, 1.807) is 11.6 Å². The van der Waals surface area contributed by atoms with Gasteiger partial charge < -0.3 is 15.4 Å². The first-order chi connectivity index (χ1) is 6.52. The van der Waals surface area contributed by atoms with Crippen molar-refractivity contribution in [3.63, 3.8) is 0 Å². The SMILES string of the molecule is C=C(C)CNc1c([N+](=O)[O-])ncn1C. The van der Waals surface area contributed by atoms with Gasteiger partial charge in [-0.1, -0.05) is 12.2 Å². The molecule has 0 bridgehead atoms. The van der Waals surface area contributed by atoms with E-state index in [1.165, 1.54) is 6.33 Å². The molecule has 0 fully saturated rings. The second-order valence-electron chi connectivity index (χ2n) is 3.10. The molecule has 0 aliphatic rings. The Morgan fingerprint density at radius 1 is 1.86 bits per heavy atom. The summed E-state index contributed by atoms with van der Waals surface area (Å²) in [6.07, 6.45) is 1.40. The van der Waals surface area contributed by atoms with Crippen molar-refractivity contribution in [1.82, 2.24) is 9.55 Å². The molecule has 0 aromatic carbocycles. The number of nitrogens with one attached hydrogen (secondary N) is 1. The van der Waals surface area contributed by atoms with Gasteiger partial charge in [-0.25, -0.2) is 0 Å². The van der Waals surface area contributed by atoms with E-state index in [2.05, 4.69) is 16.9 Å². The molecule has 6 heteroatoms. The molecule has 1 N–H and O–H groups in total. The molecule has 14 heavy (non-hydrogen) atoms. The first kappa shape index (κ1) is 10.2. The Bertz CT molecular complexity index is 369. The third kappa shape index (κ3) is 2.09. The largest absolute Gasteiger partial charge is 0.406 e. The van der Waals surface area contributed by atoms with Gasteiger partial charge in [-0.15, -0.1) is 0 Å². The highest BCUT2D eigenvalue weighted by Crippen LogP contribution is 2.20. The van der Waals surface area contributed by atoms with E-state index in [9.17, 15) is 10.1 Å². The van der Waals surface area contributed by atoms with E-state index in [4.69, 9.17) is 0 Å². The number of nitro groups is 1. The Hall–Kier alpha value is -1.85. The quantitative estimate of drug-likeness (QED) is 0.447. The van der Waals surface area contributed by atoms with E-state index in [-0.39, 0.29) is 5.82 Å². The van der Waals surface area contributed by atoms with E-state index >= 15 is 0 Å². The van der Waals surface area contributed by atoms with Gasteiger partial charge in [0, 0.05) is 13.6 Å². The second-order valence-corrected chi connectivity index (χ2v) is 3.10. The fourth-order valence-electron chi connectivity index (χ4n) is 0.990. The van der Waals surface area contributed by atoms with Crippen molar-refractivity contribution < 1.29 is 4.92 Å². The van der Waals surface area contributed by atoms with Crippen LogP contribution in [0.15, 0.2) is 18.5 Å². The Balaban J connectivity index is 2.88. The topological polar surface area (TPSA) is 73.0 Å². The Morgan fingerprint density at radius 2 is 2.50 bits per heavy atom. The highest BCUT2D eigenvalue weighted by molar-refractivity contribution is 5.52. The summed E-state index contributed by atoms with van der Waals surface area (Å²) < 4.78 is 1.57. The van der Waals surface area contributed by atoms with Crippen molar-refractivity contribution >= 4 is 11.6 Å². The summed E-state index contributed by atoms with van der Waals surface area (Å²) in [5.41, 5.74) is 0.903. The maximum atomic E-state index is 10.5. The number of anilines is 1. The van der Waals surface area contributed by atoms with Crippen LogP contribution >= 0.6 is 0 Å². The molecule has 0 amide bonds. The molecular formula is C8H12N4O2. The minimum Gasteiger partial charge on any atom is -0.361 e. The molecule has 0 saturated heterocycles. The molecule has 0 aliphatic heterocycles. The van der Waals surface area contributed by atoms with Crippen molar-refractivity contribution in [3.8, 4) is 0 Å². The van der Waals surface area contributed by atoms with Gasteiger partial charge in [0.25, 0.3) is 0 Å². The first-order valence-electron chi connectivity index (χ1n) is 4.06. The lowest BCUT2D eigenvalue weighted by Gasteiger charge is -2.04. The summed E-state index contributed by atoms with van der Waals surface area (Å²) in [7, 11) is 1.70. The molecule has 0 unspecified atom stereocenters. The van der Waals surface area contributed by atoms with Crippen molar-refractivity contribution in [2.24, 2.45) is 7.05 Å². The van der Waals surface area contributed by atoms with E-state index < -0.39 is 4.92 Å². The number of aromatic nitrogens is 2. The van der Waals surface area contributed by atoms with Crippen LogP contribution in [0.5, 0.6) is 0 Å². The zero-order chi connectivity index (χ0) is 10.7. The zero-order valence-corrected chi connectivity index (χ0v) is 8.15. The van der Waals surface area contributed by atoms with Crippen LogP contribution in [0.1, 0.15) is 6.92 Å². The summed E-state index contributed by atoms with van der Waals surface area (Å²) >= 11 is 0. The minimum atomic E-state index is -0.513. The van der Waals surface area contributed by atoms with Gasteiger partial charge >= 0.3 is 5.82 Å². The lowest BCUT2D eigenvalue weighted by molar-refractivity contribution is -0.388. The smallest absolute Gasteiger partial charge is 0.361 e. The van der Waals surface area contributed by atoms with Gasteiger partial charge in [0.05, 0.1) is 0 Å². The molecule has 1 aromatic heterocycles. The molecule has 0 aliphatic carbocycles. The van der Waals surface area contributed by atoms with Gasteiger partial charge in [0.1, 0.15) is 0 Å². The monoisotopic (exact) mass is 196 g/mol. The lowest BCUT2D eigenvalue weighted by Crippen LogP contribution is -2.07. The molecule has 0 radical (unpaired) electrons. The van der Waals surface area contributed by atoms with Crippen LogP contribution in [0.25, 0.3) is 0 Å². The van der Waals surface area contributed by atoms with Gasteiger partial charge in [0.2, 0.25) is 12.1 Å². The Kier molecular flexibility index (Phi) is 2.85. The van der Waals surface area contributed by atoms with Gasteiger partial charge in [-0.2, -0.15) is 0 Å². The molecule has 0 atom stereocenters. The van der Waals surface area contributed by atoms with E-state index in [1.807, 2.05) is 6.92 Å². The average molecular weight is 196 g/mol. The van der Waals surface area contributed by atoms with Gasteiger partial charge in [-0.3, -0.25) is 4.57 Å². The fourth-order valence-corrected chi connectivity index (χ4v) is 0.990. The summed E-state index contributed by atoms with van der Waals surface area (Å²) in [5.74, 6) is 0.242. The summed E-state index contributed by atoms with van der Waals surface area (Å²) in [6, 6.07) is 0. The van der Waals surface area contributed by atoms with Crippen molar-refractivity contribution in [2.45, 2.75) is 6.92 Å². The highest BCUT2D eigenvalue weighted by Gasteiger charge is 2.18. The zero-order valence-electron chi connectivity index (χ0n) is 8.15. The third-order valence-electron chi connectivity index (χ3n) is 1.65. The Morgan fingerprint density at radius 3 is 3.00 bits per heavy atom. The predicted molar refractivity (Wildman–Crippen MR) is 53.2 cm³/mol. The molecular weight excluding hydrogens is 184 g/mol. The Labute approximate surface area is 81.4 Å². The maximum Gasteiger partial charge on any atom is 0.406 e.